The summed E-state index contributed by atoms with van der Waals surface area (Å²) in [6.45, 7) is 5.11. The molecule has 112 valence electrons. The Labute approximate surface area is 130 Å². The summed E-state index contributed by atoms with van der Waals surface area (Å²) in [7, 11) is 1.89. The molecule has 3 rings (SSSR count). The van der Waals surface area contributed by atoms with Crippen molar-refractivity contribution < 1.29 is 0 Å². The second-order valence-corrected chi connectivity index (χ2v) is 6.12. The lowest BCUT2D eigenvalue weighted by atomic mass is 10.1. The van der Waals surface area contributed by atoms with Gasteiger partial charge in [-0.2, -0.15) is 5.10 Å². The first-order chi connectivity index (χ1) is 10.1. The molecule has 0 bridgehead atoms. The summed E-state index contributed by atoms with van der Waals surface area (Å²) < 4.78 is 1.78. The summed E-state index contributed by atoms with van der Waals surface area (Å²) in [6, 6.07) is 2.82. The van der Waals surface area contributed by atoms with Gasteiger partial charge < -0.3 is 5.32 Å². The molecule has 1 saturated carbocycles. The summed E-state index contributed by atoms with van der Waals surface area (Å²) >= 11 is 6.34. The lowest BCUT2D eigenvalue weighted by Crippen LogP contribution is -2.18. The molecule has 21 heavy (non-hydrogen) atoms. The predicted molar refractivity (Wildman–Crippen MR) is 87.5 cm³/mol. The van der Waals surface area contributed by atoms with Crippen LogP contribution in [-0.4, -0.2) is 27.4 Å². The molecule has 1 fully saturated rings. The summed E-state index contributed by atoms with van der Waals surface area (Å²) in [6.07, 6.45) is 5.79. The maximum Gasteiger partial charge on any atom is 0.159 e. The monoisotopic (exact) mass is 304 g/mol. The number of pyridine rings is 1. The molecule has 1 aliphatic rings. The largest absolute Gasteiger partial charge is 0.310 e. The van der Waals surface area contributed by atoms with Crippen LogP contribution in [0.1, 0.15) is 37.4 Å². The van der Waals surface area contributed by atoms with Crippen molar-refractivity contribution in [3.63, 3.8) is 0 Å². The van der Waals surface area contributed by atoms with Crippen molar-refractivity contribution in [2.45, 2.75) is 39.2 Å². The van der Waals surface area contributed by atoms with Gasteiger partial charge in [-0.1, -0.05) is 30.2 Å². The van der Waals surface area contributed by atoms with Gasteiger partial charge in [0, 0.05) is 30.6 Å². The van der Waals surface area contributed by atoms with E-state index in [0.717, 1.165) is 41.3 Å². The van der Waals surface area contributed by atoms with Crippen LogP contribution in [0, 0.1) is 6.92 Å². The van der Waals surface area contributed by atoms with Crippen molar-refractivity contribution in [1.29, 1.82) is 0 Å². The maximum absolute atomic E-state index is 6.34. The topological polar surface area (TPSA) is 42.7 Å². The average Bonchev–Trinajstić information content (AvgIpc) is 3.24. The molecular formula is C16H21ClN4. The lowest BCUT2D eigenvalue weighted by Gasteiger charge is -2.07. The van der Waals surface area contributed by atoms with Crippen molar-refractivity contribution in [2.24, 2.45) is 7.05 Å². The fourth-order valence-electron chi connectivity index (χ4n) is 2.50. The number of rotatable bonds is 5. The van der Waals surface area contributed by atoms with Gasteiger partial charge in [-0.05, 0) is 32.3 Å². The molecule has 4 nitrogen and oxygen atoms in total. The van der Waals surface area contributed by atoms with Gasteiger partial charge in [-0.25, -0.2) is 4.98 Å². The van der Waals surface area contributed by atoms with Crippen LogP contribution in [0.4, 0.5) is 0 Å². The number of fused-ring (bicyclic) bond motifs is 1. The highest BCUT2D eigenvalue weighted by molar-refractivity contribution is 6.31. The van der Waals surface area contributed by atoms with Crippen molar-refractivity contribution >= 4 is 28.7 Å². The predicted octanol–water partition coefficient (Wildman–Crippen LogP) is 3.48. The van der Waals surface area contributed by atoms with Gasteiger partial charge in [0.2, 0.25) is 0 Å². The van der Waals surface area contributed by atoms with Crippen molar-refractivity contribution in [3.8, 4) is 0 Å². The molecular weight excluding hydrogens is 284 g/mol. The van der Waals surface area contributed by atoms with E-state index in [4.69, 9.17) is 11.6 Å². The molecule has 2 aromatic rings. The Balaban J connectivity index is 1.93. The number of aromatic nitrogens is 3. The molecule has 2 aromatic heterocycles. The van der Waals surface area contributed by atoms with E-state index in [9.17, 15) is 0 Å². The van der Waals surface area contributed by atoms with Crippen molar-refractivity contribution in [3.05, 3.63) is 28.0 Å². The quantitative estimate of drug-likeness (QED) is 0.860. The third-order valence-electron chi connectivity index (χ3n) is 3.99. The third-order valence-corrected chi connectivity index (χ3v) is 4.29. The summed E-state index contributed by atoms with van der Waals surface area (Å²) in [5.41, 5.74) is 4.16. The van der Waals surface area contributed by atoms with Crippen LogP contribution < -0.4 is 5.32 Å². The summed E-state index contributed by atoms with van der Waals surface area (Å²) in [4.78, 5) is 4.49. The van der Waals surface area contributed by atoms with E-state index in [1.165, 1.54) is 18.4 Å². The number of halogens is 1. The molecule has 2 heterocycles. The molecule has 0 atom stereocenters. The van der Waals surface area contributed by atoms with Crippen LogP contribution in [0.3, 0.4) is 0 Å². The second kappa shape index (κ2) is 5.78. The molecule has 0 aliphatic heterocycles. The highest BCUT2D eigenvalue weighted by Crippen LogP contribution is 2.25. The molecule has 1 aliphatic carbocycles. The van der Waals surface area contributed by atoms with Crippen molar-refractivity contribution in [1.82, 2.24) is 20.1 Å². The first-order valence-corrected chi connectivity index (χ1v) is 7.89. The Hall–Kier alpha value is -1.39. The molecule has 0 amide bonds. The number of hydrogen-bond donors (Lipinski definition) is 1. The Bertz CT molecular complexity index is 698. The lowest BCUT2D eigenvalue weighted by molar-refractivity contribution is 0.723. The van der Waals surface area contributed by atoms with Gasteiger partial charge in [0.1, 0.15) is 5.15 Å². The minimum Gasteiger partial charge on any atom is -0.310 e. The fraction of sp³-hybridized carbons (Fsp3) is 0.500. The highest BCUT2D eigenvalue weighted by Gasteiger charge is 2.20. The average molecular weight is 305 g/mol. The maximum atomic E-state index is 6.34. The smallest absolute Gasteiger partial charge is 0.159 e. The molecule has 0 spiro atoms. The zero-order valence-electron chi connectivity index (χ0n) is 12.8. The number of nitrogens with zero attached hydrogens (tertiary/aromatic N) is 3. The minimum absolute atomic E-state index is 0.544. The van der Waals surface area contributed by atoms with E-state index in [-0.39, 0.29) is 0 Å². The molecule has 0 saturated heterocycles. The van der Waals surface area contributed by atoms with Crippen LogP contribution in [0.2, 0.25) is 5.15 Å². The molecule has 0 aromatic carbocycles. The zero-order valence-corrected chi connectivity index (χ0v) is 13.5. The van der Waals surface area contributed by atoms with Gasteiger partial charge >= 0.3 is 0 Å². The highest BCUT2D eigenvalue weighted by atomic mass is 35.5. The third kappa shape index (κ3) is 3.11. The van der Waals surface area contributed by atoms with Crippen LogP contribution in [0.15, 0.2) is 11.6 Å². The summed E-state index contributed by atoms with van der Waals surface area (Å²) in [5.74, 6) is 0. The number of aryl methyl sites for hydroxylation is 2. The van der Waals surface area contributed by atoms with E-state index < -0.39 is 0 Å². The van der Waals surface area contributed by atoms with E-state index in [2.05, 4.69) is 34.5 Å². The number of nitrogens with one attached hydrogen (secondary N) is 1. The molecule has 5 heteroatoms. The van der Waals surface area contributed by atoms with Gasteiger partial charge in [-0.3, -0.25) is 4.68 Å². The molecule has 1 N–H and O–H groups in total. The van der Waals surface area contributed by atoms with Gasteiger partial charge in [0.15, 0.2) is 5.65 Å². The van der Waals surface area contributed by atoms with Gasteiger partial charge in [0.25, 0.3) is 0 Å². The Kier molecular flexibility index (Phi) is 4.00. The van der Waals surface area contributed by atoms with Crippen LogP contribution in [0.25, 0.3) is 17.1 Å². The normalized spacial score (nSPS) is 15.9. The van der Waals surface area contributed by atoms with Crippen LogP contribution in [0.5, 0.6) is 0 Å². The SMILES string of the molecule is CCC(=Cc1cc2c(C)nn(C)c2nc1Cl)CNC1CC1. The van der Waals surface area contributed by atoms with E-state index in [0.29, 0.717) is 5.15 Å². The first kappa shape index (κ1) is 14.5. The first-order valence-electron chi connectivity index (χ1n) is 7.51. The number of hydrogen-bond acceptors (Lipinski definition) is 3. The van der Waals surface area contributed by atoms with Gasteiger partial charge in [0.05, 0.1) is 5.69 Å². The minimum atomic E-state index is 0.544. The Morgan fingerprint density at radius 3 is 2.95 bits per heavy atom. The van der Waals surface area contributed by atoms with E-state index in [1.54, 1.807) is 4.68 Å². The van der Waals surface area contributed by atoms with E-state index >= 15 is 0 Å². The standard InChI is InChI=1S/C16H21ClN4/c1-4-11(9-18-13-5-6-13)7-12-8-14-10(2)20-21(3)16(14)19-15(12)17/h7-8,13,18H,4-6,9H2,1-3H3. The summed E-state index contributed by atoms with van der Waals surface area (Å²) in [5, 5.41) is 9.57. The van der Waals surface area contributed by atoms with Crippen LogP contribution >= 0.6 is 11.6 Å². The molecule has 0 radical (unpaired) electrons. The van der Waals surface area contributed by atoms with Gasteiger partial charge in [-0.15, -0.1) is 0 Å². The van der Waals surface area contributed by atoms with E-state index in [1.807, 2.05) is 14.0 Å². The van der Waals surface area contributed by atoms with Crippen LogP contribution in [-0.2, 0) is 7.05 Å². The second-order valence-electron chi connectivity index (χ2n) is 5.76. The van der Waals surface area contributed by atoms with Crippen molar-refractivity contribution in [2.75, 3.05) is 6.54 Å². The Morgan fingerprint density at radius 1 is 1.52 bits per heavy atom. The zero-order chi connectivity index (χ0) is 15.0. The Morgan fingerprint density at radius 2 is 2.29 bits per heavy atom. The molecule has 0 unspecified atom stereocenters. The fourth-order valence-corrected chi connectivity index (χ4v) is 2.69.